The van der Waals surface area contributed by atoms with Gasteiger partial charge in [-0.15, -0.1) is 0 Å². The third kappa shape index (κ3) is 3.67. The first kappa shape index (κ1) is 15.9. The van der Waals surface area contributed by atoms with E-state index in [-0.39, 0.29) is 0 Å². The van der Waals surface area contributed by atoms with E-state index in [1.807, 2.05) is 18.2 Å². The summed E-state index contributed by atoms with van der Waals surface area (Å²) >= 11 is 0. The van der Waals surface area contributed by atoms with Crippen LogP contribution in [0.4, 0.5) is 5.82 Å². The van der Waals surface area contributed by atoms with E-state index in [0.29, 0.717) is 6.04 Å². The first-order chi connectivity index (χ1) is 11.2. The van der Waals surface area contributed by atoms with Crippen molar-refractivity contribution in [2.75, 3.05) is 32.1 Å². The Hall–Kier alpha value is -2.01. The number of likely N-dealkylation sites (N-methyl/N-ethyl adjacent to an activating group) is 1. The minimum absolute atomic E-state index is 0.585. The maximum Gasteiger partial charge on any atom is 0.180 e. The summed E-state index contributed by atoms with van der Waals surface area (Å²) in [5, 5.41) is 0. The van der Waals surface area contributed by atoms with E-state index in [2.05, 4.69) is 46.9 Å². The fourth-order valence-corrected chi connectivity index (χ4v) is 3.02. The van der Waals surface area contributed by atoms with Crippen LogP contribution in [0.3, 0.4) is 0 Å². The molecule has 0 bridgehead atoms. The zero-order chi connectivity index (χ0) is 16.2. The van der Waals surface area contributed by atoms with Crippen molar-refractivity contribution in [1.29, 1.82) is 0 Å². The third-order valence-corrected chi connectivity index (χ3v) is 4.47. The minimum atomic E-state index is 0.585. The molecule has 1 atom stereocenters. The number of hydrogen-bond donors (Lipinski definition) is 0. The number of nitrogens with zero attached hydrogens (tertiary/aromatic N) is 5. The Labute approximate surface area is 138 Å². The van der Waals surface area contributed by atoms with E-state index in [4.69, 9.17) is 4.98 Å². The lowest BCUT2D eigenvalue weighted by atomic mass is 10.0. The Kier molecular flexibility index (Phi) is 4.86. The number of aryl methyl sites for hydroxylation is 1. The Morgan fingerprint density at radius 1 is 1.26 bits per heavy atom. The molecular weight excluding hydrogens is 286 g/mol. The van der Waals surface area contributed by atoms with Gasteiger partial charge in [0.15, 0.2) is 5.82 Å². The SMILES string of the molecule is CCc1cc(N2CCCC(N(C)C)C2)nc(-c2ccccn2)n1. The molecule has 2 aromatic rings. The summed E-state index contributed by atoms with van der Waals surface area (Å²) in [6.45, 7) is 4.22. The second-order valence-electron chi connectivity index (χ2n) is 6.32. The quantitative estimate of drug-likeness (QED) is 0.868. The van der Waals surface area contributed by atoms with Crippen LogP contribution in [0.5, 0.6) is 0 Å². The van der Waals surface area contributed by atoms with E-state index in [0.717, 1.165) is 42.5 Å². The molecular formula is C18H25N5. The van der Waals surface area contributed by atoms with Gasteiger partial charge in [-0.2, -0.15) is 0 Å². The molecule has 2 aromatic heterocycles. The van der Waals surface area contributed by atoms with Crippen LogP contribution in [-0.2, 0) is 6.42 Å². The smallest absolute Gasteiger partial charge is 0.180 e. The number of piperidine rings is 1. The summed E-state index contributed by atoms with van der Waals surface area (Å²) in [5.41, 5.74) is 1.91. The highest BCUT2D eigenvalue weighted by atomic mass is 15.2. The third-order valence-electron chi connectivity index (χ3n) is 4.47. The molecule has 1 fully saturated rings. The van der Waals surface area contributed by atoms with Gasteiger partial charge >= 0.3 is 0 Å². The van der Waals surface area contributed by atoms with Crippen LogP contribution in [-0.4, -0.2) is 53.1 Å². The Morgan fingerprint density at radius 3 is 2.83 bits per heavy atom. The number of anilines is 1. The molecule has 0 spiro atoms. The van der Waals surface area contributed by atoms with Crippen molar-refractivity contribution in [3.05, 3.63) is 36.2 Å². The normalized spacial score (nSPS) is 18.4. The molecule has 122 valence electrons. The molecule has 5 nitrogen and oxygen atoms in total. The van der Waals surface area contributed by atoms with Crippen molar-refractivity contribution >= 4 is 5.82 Å². The van der Waals surface area contributed by atoms with Gasteiger partial charge in [0.1, 0.15) is 11.5 Å². The first-order valence-electron chi connectivity index (χ1n) is 8.38. The van der Waals surface area contributed by atoms with Crippen molar-refractivity contribution in [2.24, 2.45) is 0 Å². The maximum absolute atomic E-state index is 4.80. The van der Waals surface area contributed by atoms with Gasteiger partial charge in [-0.3, -0.25) is 4.98 Å². The predicted molar refractivity (Wildman–Crippen MR) is 93.6 cm³/mol. The number of pyridine rings is 1. The average molecular weight is 311 g/mol. The van der Waals surface area contributed by atoms with Crippen molar-refractivity contribution in [1.82, 2.24) is 19.9 Å². The van der Waals surface area contributed by atoms with E-state index in [9.17, 15) is 0 Å². The largest absolute Gasteiger partial charge is 0.355 e. The van der Waals surface area contributed by atoms with Crippen LogP contribution in [0.2, 0.25) is 0 Å². The fraction of sp³-hybridized carbons (Fsp3) is 0.500. The minimum Gasteiger partial charge on any atom is -0.355 e. The molecule has 3 heterocycles. The molecule has 23 heavy (non-hydrogen) atoms. The Balaban J connectivity index is 1.92. The highest BCUT2D eigenvalue weighted by molar-refractivity contribution is 5.54. The van der Waals surface area contributed by atoms with E-state index >= 15 is 0 Å². The highest BCUT2D eigenvalue weighted by Crippen LogP contribution is 2.23. The summed E-state index contributed by atoms with van der Waals surface area (Å²) in [7, 11) is 4.32. The Morgan fingerprint density at radius 2 is 2.13 bits per heavy atom. The van der Waals surface area contributed by atoms with Crippen molar-refractivity contribution < 1.29 is 0 Å². The van der Waals surface area contributed by atoms with Crippen molar-refractivity contribution in [2.45, 2.75) is 32.2 Å². The van der Waals surface area contributed by atoms with E-state index in [1.54, 1.807) is 6.20 Å². The number of aromatic nitrogens is 3. The number of rotatable bonds is 4. The lowest BCUT2D eigenvalue weighted by Gasteiger charge is -2.37. The molecule has 1 saturated heterocycles. The second-order valence-corrected chi connectivity index (χ2v) is 6.32. The van der Waals surface area contributed by atoms with E-state index < -0.39 is 0 Å². The van der Waals surface area contributed by atoms with Gasteiger partial charge < -0.3 is 9.80 Å². The molecule has 1 aliphatic rings. The van der Waals surface area contributed by atoms with Gasteiger partial charge in [-0.05, 0) is 45.5 Å². The Bertz CT molecular complexity index is 641. The van der Waals surface area contributed by atoms with Gasteiger partial charge in [0.2, 0.25) is 0 Å². The van der Waals surface area contributed by atoms with Gasteiger partial charge in [-0.1, -0.05) is 13.0 Å². The molecule has 0 radical (unpaired) electrons. The van der Waals surface area contributed by atoms with Crippen molar-refractivity contribution in [3.63, 3.8) is 0 Å². The summed E-state index contributed by atoms with van der Waals surface area (Å²) in [4.78, 5) is 18.6. The molecule has 0 amide bonds. The maximum atomic E-state index is 4.80. The summed E-state index contributed by atoms with van der Waals surface area (Å²) in [5.74, 6) is 1.76. The lowest BCUT2D eigenvalue weighted by Crippen LogP contribution is -2.45. The highest BCUT2D eigenvalue weighted by Gasteiger charge is 2.23. The molecule has 0 aliphatic carbocycles. The molecule has 0 saturated carbocycles. The molecule has 0 N–H and O–H groups in total. The standard InChI is InChI=1S/C18H25N5/c1-4-14-12-17(23-11-7-8-15(13-23)22(2)3)21-18(20-14)16-9-5-6-10-19-16/h5-6,9-10,12,15H,4,7-8,11,13H2,1-3H3. The number of hydrogen-bond acceptors (Lipinski definition) is 5. The van der Waals surface area contributed by atoms with Crippen LogP contribution in [0, 0.1) is 0 Å². The summed E-state index contributed by atoms with van der Waals surface area (Å²) < 4.78 is 0. The van der Waals surface area contributed by atoms with E-state index in [1.165, 1.54) is 12.8 Å². The van der Waals surface area contributed by atoms with Gasteiger partial charge in [0.05, 0.1) is 0 Å². The molecule has 0 aromatic carbocycles. The topological polar surface area (TPSA) is 45.2 Å². The lowest BCUT2D eigenvalue weighted by molar-refractivity contribution is 0.257. The van der Waals surface area contributed by atoms with Gasteiger partial charge in [0, 0.05) is 37.1 Å². The predicted octanol–water partition coefficient (Wildman–Crippen LogP) is 2.63. The molecule has 1 aliphatic heterocycles. The molecule has 3 rings (SSSR count). The van der Waals surface area contributed by atoms with Crippen LogP contribution in [0.1, 0.15) is 25.5 Å². The van der Waals surface area contributed by atoms with Crippen molar-refractivity contribution in [3.8, 4) is 11.5 Å². The van der Waals surface area contributed by atoms with Crippen LogP contribution >= 0.6 is 0 Å². The van der Waals surface area contributed by atoms with Gasteiger partial charge in [-0.25, -0.2) is 9.97 Å². The molecule has 1 unspecified atom stereocenters. The van der Waals surface area contributed by atoms with Gasteiger partial charge in [0.25, 0.3) is 0 Å². The zero-order valence-electron chi connectivity index (χ0n) is 14.2. The van der Waals surface area contributed by atoms with Crippen LogP contribution in [0.25, 0.3) is 11.5 Å². The summed E-state index contributed by atoms with van der Waals surface area (Å²) in [6.07, 6.45) is 5.15. The van der Waals surface area contributed by atoms with Crippen LogP contribution < -0.4 is 4.90 Å². The second kappa shape index (κ2) is 7.04. The zero-order valence-corrected chi connectivity index (χ0v) is 14.2. The monoisotopic (exact) mass is 311 g/mol. The average Bonchev–Trinajstić information content (AvgIpc) is 2.62. The fourth-order valence-electron chi connectivity index (χ4n) is 3.02. The van der Waals surface area contributed by atoms with Crippen LogP contribution in [0.15, 0.2) is 30.5 Å². The summed E-state index contributed by atoms with van der Waals surface area (Å²) in [6, 6.07) is 8.58. The molecule has 5 heteroatoms. The first-order valence-corrected chi connectivity index (χ1v) is 8.38.